The summed E-state index contributed by atoms with van der Waals surface area (Å²) in [4.78, 5) is 32.5. The van der Waals surface area contributed by atoms with Crippen LogP contribution in [0.25, 0.3) is 0 Å². The molecule has 0 bridgehead atoms. The highest BCUT2D eigenvalue weighted by molar-refractivity contribution is 7.99. The van der Waals surface area contributed by atoms with E-state index in [1.807, 2.05) is 25.1 Å². The van der Waals surface area contributed by atoms with E-state index < -0.39 is 0 Å². The van der Waals surface area contributed by atoms with Crippen molar-refractivity contribution in [3.8, 4) is 0 Å². The first-order valence-corrected chi connectivity index (χ1v) is 8.42. The van der Waals surface area contributed by atoms with Crippen molar-refractivity contribution >= 4 is 23.7 Å². The highest BCUT2D eigenvalue weighted by atomic mass is 32.2. The number of benzene rings is 1. The van der Waals surface area contributed by atoms with Gasteiger partial charge in [-0.05, 0) is 12.5 Å². The smallest absolute Gasteiger partial charge is 0.324 e. The van der Waals surface area contributed by atoms with Crippen LogP contribution in [0.2, 0.25) is 0 Å². The molecule has 2 aromatic rings. The van der Waals surface area contributed by atoms with Crippen molar-refractivity contribution in [3.05, 3.63) is 47.3 Å². The molecule has 3 amide bonds. The second-order valence-corrected chi connectivity index (χ2v) is 6.31. The Morgan fingerprint density at radius 3 is 2.83 bits per heavy atom. The van der Waals surface area contributed by atoms with Gasteiger partial charge in [0.1, 0.15) is 0 Å². The molecule has 23 heavy (non-hydrogen) atoms. The second-order valence-electron chi connectivity index (χ2n) is 5.34. The van der Waals surface area contributed by atoms with Gasteiger partial charge in [-0.1, -0.05) is 42.1 Å². The Kier molecular flexibility index (Phi) is 4.66. The van der Waals surface area contributed by atoms with Gasteiger partial charge in [0.05, 0.1) is 11.4 Å². The number of carbonyl (C=O) groups is 2. The van der Waals surface area contributed by atoms with E-state index in [1.54, 1.807) is 0 Å². The summed E-state index contributed by atoms with van der Waals surface area (Å²) < 4.78 is 0. The molecule has 6 nitrogen and oxygen atoms in total. The molecular weight excluding hydrogens is 312 g/mol. The van der Waals surface area contributed by atoms with Crippen LogP contribution in [0, 0.1) is 6.92 Å². The van der Waals surface area contributed by atoms with E-state index in [4.69, 9.17) is 0 Å². The number of amides is 3. The van der Waals surface area contributed by atoms with E-state index in [-0.39, 0.29) is 17.7 Å². The highest BCUT2D eigenvalue weighted by Crippen LogP contribution is 2.19. The number of H-pyrrole nitrogens is 1. The summed E-state index contributed by atoms with van der Waals surface area (Å²) in [5, 5.41) is 3.33. The normalized spacial score (nSPS) is 14.1. The predicted octanol–water partition coefficient (Wildman–Crippen LogP) is 1.95. The summed E-state index contributed by atoms with van der Waals surface area (Å²) in [5.74, 6) is 0.00850. The number of aromatic amines is 1. The van der Waals surface area contributed by atoms with E-state index in [1.165, 1.54) is 22.2 Å². The lowest BCUT2D eigenvalue weighted by molar-refractivity contribution is -0.124. The Morgan fingerprint density at radius 2 is 2.13 bits per heavy atom. The molecule has 2 N–H and O–H groups in total. The third-order valence-electron chi connectivity index (χ3n) is 3.67. The van der Waals surface area contributed by atoms with Gasteiger partial charge in [-0.25, -0.2) is 9.78 Å². The van der Waals surface area contributed by atoms with Gasteiger partial charge in [0, 0.05) is 25.2 Å². The molecule has 0 unspecified atom stereocenters. The van der Waals surface area contributed by atoms with Crippen molar-refractivity contribution in [2.45, 2.75) is 18.5 Å². The molecule has 0 aliphatic carbocycles. The number of nitrogens with one attached hydrogen (secondary N) is 2. The molecule has 0 spiro atoms. The summed E-state index contributed by atoms with van der Waals surface area (Å²) in [6, 6.07) is 9.82. The van der Waals surface area contributed by atoms with Gasteiger partial charge >= 0.3 is 6.03 Å². The summed E-state index contributed by atoms with van der Waals surface area (Å²) in [7, 11) is 0. The first-order chi connectivity index (χ1) is 11.1. The molecule has 1 aliphatic heterocycles. The van der Waals surface area contributed by atoms with Gasteiger partial charge in [-0.15, -0.1) is 0 Å². The average Bonchev–Trinajstić information content (AvgIpc) is 3.12. The molecular formula is C16H18N4O2S. The van der Waals surface area contributed by atoms with Crippen molar-refractivity contribution in [1.29, 1.82) is 0 Å². The fourth-order valence-electron chi connectivity index (χ4n) is 2.41. The summed E-state index contributed by atoms with van der Waals surface area (Å²) in [5.41, 5.74) is 3.18. The number of imidazole rings is 1. The van der Waals surface area contributed by atoms with Gasteiger partial charge in [-0.2, -0.15) is 0 Å². The standard InChI is InChI=1S/C16H18N4O2S/c1-11-13(9-12-5-3-2-4-6-12)19-15(18-11)23-10-14(21)20-8-7-17-16(20)22/h2-6H,7-10H2,1H3,(H,17,22)(H,18,19). The Balaban J connectivity index is 1.60. The molecule has 3 rings (SSSR count). The molecule has 1 fully saturated rings. The van der Waals surface area contributed by atoms with Crippen molar-refractivity contribution in [3.63, 3.8) is 0 Å². The number of urea groups is 1. The van der Waals surface area contributed by atoms with Crippen molar-refractivity contribution in [2.24, 2.45) is 0 Å². The van der Waals surface area contributed by atoms with E-state index in [0.717, 1.165) is 17.8 Å². The van der Waals surface area contributed by atoms with Crippen LogP contribution in [-0.4, -0.2) is 45.6 Å². The predicted molar refractivity (Wildman–Crippen MR) is 88.4 cm³/mol. The zero-order valence-electron chi connectivity index (χ0n) is 12.8. The second kappa shape index (κ2) is 6.87. The van der Waals surface area contributed by atoms with Crippen LogP contribution in [0.5, 0.6) is 0 Å². The van der Waals surface area contributed by atoms with Crippen molar-refractivity contribution in [1.82, 2.24) is 20.2 Å². The summed E-state index contributed by atoms with van der Waals surface area (Å²) in [6.45, 7) is 2.94. The minimum atomic E-state index is -0.309. The quantitative estimate of drug-likeness (QED) is 0.822. The number of hydrogen-bond acceptors (Lipinski definition) is 4. The number of carbonyl (C=O) groups excluding carboxylic acids is 2. The molecule has 1 aromatic carbocycles. The molecule has 0 atom stereocenters. The monoisotopic (exact) mass is 330 g/mol. The summed E-state index contributed by atoms with van der Waals surface area (Å²) >= 11 is 1.33. The van der Waals surface area contributed by atoms with E-state index in [9.17, 15) is 9.59 Å². The maximum atomic E-state index is 12.0. The van der Waals surface area contributed by atoms with Crippen molar-refractivity contribution < 1.29 is 9.59 Å². The molecule has 1 aromatic heterocycles. The van der Waals surface area contributed by atoms with Crippen molar-refractivity contribution in [2.75, 3.05) is 18.8 Å². The molecule has 0 saturated carbocycles. The molecule has 0 radical (unpaired) electrons. The minimum absolute atomic E-state index is 0.191. The molecule has 7 heteroatoms. The Labute approximate surface area is 138 Å². The Morgan fingerprint density at radius 1 is 1.35 bits per heavy atom. The van der Waals surface area contributed by atoms with Gasteiger partial charge < -0.3 is 10.3 Å². The number of nitrogens with zero attached hydrogens (tertiary/aromatic N) is 2. The zero-order valence-corrected chi connectivity index (χ0v) is 13.7. The Bertz CT molecular complexity index is 714. The lowest BCUT2D eigenvalue weighted by Crippen LogP contribution is -2.35. The third kappa shape index (κ3) is 3.73. The lowest BCUT2D eigenvalue weighted by Gasteiger charge is -2.10. The number of imide groups is 1. The van der Waals surface area contributed by atoms with Crippen LogP contribution < -0.4 is 5.32 Å². The van der Waals surface area contributed by atoms with Crippen LogP contribution in [0.4, 0.5) is 4.79 Å². The largest absolute Gasteiger partial charge is 0.337 e. The first kappa shape index (κ1) is 15.6. The van der Waals surface area contributed by atoms with Gasteiger partial charge in [-0.3, -0.25) is 9.69 Å². The number of thioether (sulfide) groups is 1. The van der Waals surface area contributed by atoms with Gasteiger partial charge in [0.15, 0.2) is 5.16 Å². The highest BCUT2D eigenvalue weighted by Gasteiger charge is 2.26. The maximum absolute atomic E-state index is 12.0. The number of aryl methyl sites for hydroxylation is 1. The van der Waals surface area contributed by atoms with E-state index >= 15 is 0 Å². The topological polar surface area (TPSA) is 78.1 Å². The van der Waals surface area contributed by atoms with Crippen LogP contribution in [0.1, 0.15) is 17.0 Å². The molecule has 2 heterocycles. The number of aromatic nitrogens is 2. The first-order valence-electron chi connectivity index (χ1n) is 7.44. The Hall–Kier alpha value is -2.28. The average molecular weight is 330 g/mol. The fourth-order valence-corrected chi connectivity index (χ4v) is 3.23. The maximum Gasteiger partial charge on any atom is 0.324 e. The van der Waals surface area contributed by atoms with Gasteiger partial charge in [0.2, 0.25) is 5.91 Å². The van der Waals surface area contributed by atoms with Gasteiger partial charge in [0.25, 0.3) is 0 Å². The fraction of sp³-hybridized carbons (Fsp3) is 0.312. The number of hydrogen-bond donors (Lipinski definition) is 2. The van der Waals surface area contributed by atoms with Crippen LogP contribution in [0.15, 0.2) is 35.5 Å². The number of rotatable bonds is 5. The minimum Gasteiger partial charge on any atom is -0.337 e. The molecule has 1 aliphatic rings. The zero-order chi connectivity index (χ0) is 16.2. The van der Waals surface area contributed by atoms with Crippen LogP contribution in [0.3, 0.4) is 0 Å². The molecule has 120 valence electrons. The molecule has 1 saturated heterocycles. The lowest BCUT2D eigenvalue weighted by atomic mass is 10.1. The SMILES string of the molecule is Cc1[nH]c(SCC(=O)N2CCNC2=O)nc1Cc1ccccc1. The third-order valence-corrected chi connectivity index (χ3v) is 4.53. The summed E-state index contributed by atoms with van der Waals surface area (Å²) in [6.07, 6.45) is 0.756. The van der Waals surface area contributed by atoms with E-state index in [2.05, 4.69) is 27.4 Å². The van der Waals surface area contributed by atoms with Crippen LogP contribution >= 0.6 is 11.8 Å². The van der Waals surface area contributed by atoms with E-state index in [0.29, 0.717) is 18.2 Å². The van der Waals surface area contributed by atoms with Crippen LogP contribution in [-0.2, 0) is 11.2 Å².